The molecule has 0 aliphatic carbocycles. The Bertz CT molecular complexity index is 177. The predicted octanol–water partition coefficient (Wildman–Crippen LogP) is 0.608. The molecule has 0 amide bonds. The van der Waals surface area contributed by atoms with Crippen LogP contribution in [0.5, 0.6) is 0 Å². The first-order valence-corrected chi connectivity index (χ1v) is 2.30. The van der Waals surface area contributed by atoms with Gasteiger partial charge in [-0.15, -0.1) is 0 Å². The summed E-state index contributed by atoms with van der Waals surface area (Å²) in [5.74, 6) is -0.728. The fourth-order valence-corrected chi connectivity index (χ4v) is 0.392. The van der Waals surface area contributed by atoms with Crippen LogP contribution in [0.2, 0.25) is 5.15 Å². The average Bonchev–Trinajstić information content (AvgIpc) is 1.98. The molecule has 0 atom stereocenters. The minimum Gasteiger partial charge on any atom is -0.234 e. The van der Waals surface area contributed by atoms with Crippen molar-refractivity contribution in [2.24, 2.45) is 7.05 Å². The maximum Gasteiger partial charge on any atom is 0.271 e. The lowest BCUT2D eigenvalue weighted by Gasteiger charge is -1.82. The van der Waals surface area contributed by atoms with Crippen LogP contribution in [0.15, 0.2) is 0 Å². The van der Waals surface area contributed by atoms with Crippen molar-refractivity contribution in [3.63, 3.8) is 0 Å². The van der Waals surface area contributed by atoms with Gasteiger partial charge in [0, 0.05) is 7.05 Å². The standard InChI is InChI=1S/C3H3ClFN3/c1-8-2(4)3(5)6-7-8/h1H3. The topological polar surface area (TPSA) is 30.7 Å². The number of hydrogen-bond donors (Lipinski definition) is 0. The highest BCUT2D eigenvalue weighted by Gasteiger charge is 2.03. The molecule has 0 saturated heterocycles. The summed E-state index contributed by atoms with van der Waals surface area (Å²) in [6, 6.07) is 0. The van der Waals surface area contributed by atoms with Crippen molar-refractivity contribution >= 4 is 11.6 Å². The Morgan fingerprint density at radius 1 is 1.75 bits per heavy atom. The number of aromatic nitrogens is 3. The Morgan fingerprint density at radius 3 is 2.50 bits per heavy atom. The van der Waals surface area contributed by atoms with Crippen molar-refractivity contribution in [2.75, 3.05) is 0 Å². The minimum atomic E-state index is -0.728. The molecule has 0 aromatic carbocycles. The zero-order chi connectivity index (χ0) is 6.15. The van der Waals surface area contributed by atoms with Gasteiger partial charge in [-0.25, -0.2) is 4.68 Å². The molecule has 0 fully saturated rings. The van der Waals surface area contributed by atoms with Gasteiger partial charge in [0.15, 0.2) is 5.15 Å². The normalized spacial score (nSPS) is 9.88. The summed E-state index contributed by atoms with van der Waals surface area (Å²) in [6.07, 6.45) is 0. The van der Waals surface area contributed by atoms with Crippen LogP contribution in [0.3, 0.4) is 0 Å². The maximum absolute atomic E-state index is 12.0. The lowest BCUT2D eigenvalue weighted by molar-refractivity contribution is 0.578. The lowest BCUT2D eigenvalue weighted by Crippen LogP contribution is -1.88. The van der Waals surface area contributed by atoms with Crippen LogP contribution in [0.1, 0.15) is 0 Å². The molecule has 0 bridgehead atoms. The van der Waals surface area contributed by atoms with Gasteiger partial charge < -0.3 is 0 Å². The predicted molar refractivity (Wildman–Crippen MR) is 26.0 cm³/mol. The molecule has 1 heterocycles. The van der Waals surface area contributed by atoms with E-state index in [2.05, 4.69) is 10.3 Å². The monoisotopic (exact) mass is 135 g/mol. The summed E-state index contributed by atoms with van der Waals surface area (Å²) >= 11 is 5.26. The quantitative estimate of drug-likeness (QED) is 0.522. The molecular weight excluding hydrogens is 133 g/mol. The van der Waals surface area contributed by atoms with Gasteiger partial charge in [-0.2, -0.15) is 4.39 Å². The van der Waals surface area contributed by atoms with Crippen LogP contribution in [0.25, 0.3) is 0 Å². The fraction of sp³-hybridized carbons (Fsp3) is 0.333. The van der Waals surface area contributed by atoms with E-state index in [1.54, 1.807) is 0 Å². The van der Waals surface area contributed by atoms with Gasteiger partial charge in [-0.05, 0) is 0 Å². The van der Waals surface area contributed by atoms with Crippen molar-refractivity contribution < 1.29 is 4.39 Å². The zero-order valence-electron chi connectivity index (χ0n) is 4.10. The second-order valence-corrected chi connectivity index (χ2v) is 1.65. The first-order chi connectivity index (χ1) is 3.72. The number of halogens is 2. The van der Waals surface area contributed by atoms with E-state index >= 15 is 0 Å². The molecule has 3 nitrogen and oxygen atoms in total. The van der Waals surface area contributed by atoms with E-state index in [1.165, 1.54) is 7.05 Å². The third-order valence-electron chi connectivity index (χ3n) is 0.721. The molecule has 0 aliphatic heterocycles. The SMILES string of the molecule is Cn1nnc(F)c1Cl. The van der Waals surface area contributed by atoms with Crippen LogP contribution in [-0.2, 0) is 7.05 Å². The van der Waals surface area contributed by atoms with Crippen molar-refractivity contribution in [1.29, 1.82) is 0 Å². The van der Waals surface area contributed by atoms with Crippen molar-refractivity contribution in [3.05, 3.63) is 11.1 Å². The first kappa shape index (κ1) is 5.50. The van der Waals surface area contributed by atoms with Crippen LogP contribution >= 0.6 is 11.6 Å². The summed E-state index contributed by atoms with van der Waals surface area (Å²) in [5, 5.41) is 6.24. The molecule has 0 spiro atoms. The number of hydrogen-bond acceptors (Lipinski definition) is 2. The first-order valence-electron chi connectivity index (χ1n) is 1.92. The third kappa shape index (κ3) is 0.667. The van der Waals surface area contributed by atoms with Crippen LogP contribution in [0, 0.1) is 5.95 Å². The average molecular weight is 136 g/mol. The van der Waals surface area contributed by atoms with Gasteiger partial charge in [-0.1, -0.05) is 21.9 Å². The lowest BCUT2D eigenvalue weighted by atomic mass is 10.9. The van der Waals surface area contributed by atoms with Crippen LogP contribution in [-0.4, -0.2) is 15.0 Å². The van der Waals surface area contributed by atoms with E-state index < -0.39 is 5.95 Å². The Balaban J connectivity index is 3.19. The van der Waals surface area contributed by atoms with Gasteiger partial charge in [0.05, 0.1) is 0 Å². The molecule has 1 aromatic heterocycles. The molecule has 1 aromatic rings. The molecule has 5 heteroatoms. The van der Waals surface area contributed by atoms with Crippen LogP contribution in [0.4, 0.5) is 4.39 Å². The molecule has 8 heavy (non-hydrogen) atoms. The number of rotatable bonds is 0. The second kappa shape index (κ2) is 1.70. The van der Waals surface area contributed by atoms with E-state index in [1.807, 2.05) is 0 Å². The summed E-state index contributed by atoms with van der Waals surface area (Å²) in [5.41, 5.74) is 0. The molecule has 0 unspecified atom stereocenters. The summed E-state index contributed by atoms with van der Waals surface area (Å²) < 4.78 is 13.2. The van der Waals surface area contributed by atoms with Gasteiger partial charge in [-0.3, -0.25) is 0 Å². The zero-order valence-corrected chi connectivity index (χ0v) is 4.85. The fourth-order valence-electron chi connectivity index (χ4n) is 0.320. The van der Waals surface area contributed by atoms with E-state index in [0.717, 1.165) is 4.68 Å². The third-order valence-corrected chi connectivity index (χ3v) is 1.12. The Morgan fingerprint density at radius 2 is 2.38 bits per heavy atom. The molecule has 44 valence electrons. The highest BCUT2D eigenvalue weighted by molar-refractivity contribution is 6.29. The van der Waals surface area contributed by atoms with E-state index in [-0.39, 0.29) is 5.15 Å². The Kier molecular flexibility index (Phi) is 1.17. The Hall–Kier alpha value is -0.640. The van der Waals surface area contributed by atoms with Gasteiger partial charge in [0.2, 0.25) is 0 Å². The van der Waals surface area contributed by atoms with Gasteiger partial charge in [0.25, 0.3) is 5.95 Å². The van der Waals surface area contributed by atoms with Gasteiger partial charge >= 0.3 is 0 Å². The van der Waals surface area contributed by atoms with Crippen molar-refractivity contribution in [3.8, 4) is 0 Å². The van der Waals surface area contributed by atoms with Gasteiger partial charge in [0.1, 0.15) is 0 Å². The van der Waals surface area contributed by atoms with Crippen molar-refractivity contribution in [1.82, 2.24) is 15.0 Å². The second-order valence-electron chi connectivity index (χ2n) is 1.29. The van der Waals surface area contributed by atoms with E-state index in [0.29, 0.717) is 0 Å². The molecule has 0 aliphatic rings. The Labute approximate surface area is 50.1 Å². The van der Waals surface area contributed by atoms with E-state index in [9.17, 15) is 4.39 Å². The molecule has 0 N–H and O–H groups in total. The largest absolute Gasteiger partial charge is 0.271 e. The van der Waals surface area contributed by atoms with E-state index in [4.69, 9.17) is 11.6 Å². The smallest absolute Gasteiger partial charge is 0.234 e. The highest BCUT2D eigenvalue weighted by atomic mass is 35.5. The minimum absolute atomic E-state index is 0.0648. The molecule has 1 rings (SSSR count). The summed E-state index contributed by atoms with van der Waals surface area (Å²) in [7, 11) is 1.51. The molecule has 0 saturated carbocycles. The van der Waals surface area contributed by atoms with Crippen LogP contribution < -0.4 is 0 Å². The van der Waals surface area contributed by atoms with Crippen molar-refractivity contribution in [2.45, 2.75) is 0 Å². The molecular formula is C3H3ClFN3. The summed E-state index contributed by atoms with van der Waals surface area (Å²) in [4.78, 5) is 0. The maximum atomic E-state index is 12.0. The molecule has 0 radical (unpaired) electrons. The number of nitrogens with zero attached hydrogens (tertiary/aromatic N) is 3. The number of aryl methyl sites for hydroxylation is 1. The highest BCUT2D eigenvalue weighted by Crippen LogP contribution is 2.06. The summed E-state index contributed by atoms with van der Waals surface area (Å²) in [6.45, 7) is 0.